The second-order valence-electron chi connectivity index (χ2n) is 5.45. The number of nitrogens with one attached hydrogen (secondary N) is 2. The number of piperidine rings is 1. The molecule has 1 heterocycles. The van der Waals surface area contributed by atoms with Gasteiger partial charge in [0, 0.05) is 11.1 Å². The van der Waals surface area contributed by atoms with Gasteiger partial charge in [0.1, 0.15) is 5.69 Å². The van der Waals surface area contributed by atoms with Crippen molar-refractivity contribution in [2.45, 2.75) is 32.2 Å². The molecule has 1 aliphatic heterocycles. The second kappa shape index (κ2) is 6.87. The molecule has 114 valence electrons. The summed E-state index contributed by atoms with van der Waals surface area (Å²) < 4.78 is 0. The number of nitro benzene ring substituents is 1. The Labute approximate surface area is 128 Å². The van der Waals surface area contributed by atoms with Gasteiger partial charge in [-0.05, 0) is 38.3 Å². The fourth-order valence-electron chi connectivity index (χ4n) is 2.68. The zero-order chi connectivity index (χ0) is 15.4. The first-order valence-electron chi connectivity index (χ1n) is 7.05. The van der Waals surface area contributed by atoms with Crippen LogP contribution in [0.15, 0.2) is 18.2 Å². The van der Waals surface area contributed by atoms with Crippen LogP contribution in [0.3, 0.4) is 0 Å². The van der Waals surface area contributed by atoms with Crippen LogP contribution in [0, 0.1) is 10.1 Å². The number of nitro groups is 1. The van der Waals surface area contributed by atoms with Crippen LogP contribution in [0.4, 0.5) is 11.4 Å². The molecule has 1 amide bonds. The SMILES string of the molecule is C[C@H]1CCCC[NH+]1CC(=O)Nc1cc(Cl)ccc1[N+](=O)[O-]. The predicted octanol–water partition coefficient (Wildman–Crippen LogP) is 1.64. The topological polar surface area (TPSA) is 76.7 Å². The lowest BCUT2D eigenvalue weighted by atomic mass is 10.0. The minimum absolute atomic E-state index is 0.144. The molecule has 2 N–H and O–H groups in total. The van der Waals surface area contributed by atoms with E-state index in [0.29, 0.717) is 17.6 Å². The lowest BCUT2D eigenvalue weighted by Gasteiger charge is -2.29. The molecule has 1 saturated heterocycles. The third-order valence-corrected chi connectivity index (χ3v) is 4.13. The van der Waals surface area contributed by atoms with Crippen molar-refractivity contribution >= 4 is 28.9 Å². The molecule has 7 heteroatoms. The van der Waals surface area contributed by atoms with Crippen LogP contribution in [0.25, 0.3) is 0 Å². The van der Waals surface area contributed by atoms with E-state index in [1.165, 1.54) is 29.5 Å². The Hall–Kier alpha value is -1.66. The van der Waals surface area contributed by atoms with E-state index in [1.807, 2.05) is 0 Å². The average Bonchev–Trinajstić information content (AvgIpc) is 2.41. The number of halogens is 1. The van der Waals surface area contributed by atoms with Gasteiger partial charge >= 0.3 is 0 Å². The summed E-state index contributed by atoms with van der Waals surface area (Å²) in [6.07, 6.45) is 3.43. The molecule has 1 aromatic rings. The lowest BCUT2D eigenvalue weighted by Crippen LogP contribution is -3.17. The van der Waals surface area contributed by atoms with Crippen molar-refractivity contribution in [3.8, 4) is 0 Å². The Bertz CT molecular complexity index is 550. The highest BCUT2D eigenvalue weighted by molar-refractivity contribution is 6.31. The quantitative estimate of drug-likeness (QED) is 0.655. The molecule has 0 bridgehead atoms. The third-order valence-electron chi connectivity index (χ3n) is 3.90. The van der Waals surface area contributed by atoms with Gasteiger partial charge in [-0.25, -0.2) is 0 Å². The number of hydrogen-bond donors (Lipinski definition) is 2. The zero-order valence-corrected chi connectivity index (χ0v) is 12.7. The van der Waals surface area contributed by atoms with Gasteiger partial charge in [-0.15, -0.1) is 0 Å². The molecule has 1 fully saturated rings. The molecule has 6 nitrogen and oxygen atoms in total. The lowest BCUT2D eigenvalue weighted by molar-refractivity contribution is -0.920. The van der Waals surface area contributed by atoms with E-state index >= 15 is 0 Å². The van der Waals surface area contributed by atoms with Gasteiger partial charge < -0.3 is 10.2 Å². The van der Waals surface area contributed by atoms with Gasteiger partial charge in [0.15, 0.2) is 6.54 Å². The van der Waals surface area contributed by atoms with Crippen molar-refractivity contribution in [2.24, 2.45) is 0 Å². The Morgan fingerprint density at radius 1 is 1.52 bits per heavy atom. The number of anilines is 1. The monoisotopic (exact) mass is 312 g/mol. The van der Waals surface area contributed by atoms with E-state index in [-0.39, 0.29) is 17.3 Å². The molecule has 0 radical (unpaired) electrons. The summed E-state index contributed by atoms with van der Waals surface area (Å²) in [6, 6.07) is 4.59. The Kier molecular flexibility index (Phi) is 5.14. The van der Waals surface area contributed by atoms with Crippen molar-refractivity contribution in [2.75, 3.05) is 18.4 Å². The number of carbonyl (C=O) groups excluding carboxylic acids is 1. The van der Waals surface area contributed by atoms with Crippen molar-refractivity contribution < 1.29 is 14.6 Å². The van der Waals surface area contributed by atoms with Crippen molar-refractivity contribution in [3.05, 3.63) is 33.3 Å². The summed E-state index contributed by atoms with van der Waals surface area (Å²) in [7, 11) is 0. The molecule has 2 atom stereocenters. The van der Waals surface area contributed by atoms with Crippen LogP contribution in [-0.2, 0) is 4.79 Å². The summed E-state index contributed by atoms with van der Waals surface area (Å²) in [5, 5.41) is 13.9. The number of quaternary nitrogens is 1. The van der Waals surface area contributed by atoms with E-state index in [4.69, 9.17) is 11.6 Å². The van der Waals surface area contributed by atoms with Crippen LogP contribution in [-0.4, -0.2) is 30.0 Å². The average molecular weight is 313 g/mol. The Morgan fingerprint density at radius 3 is 2.95 bits per heavy atom. The maximum Gasteiger partial charge on any atom is 0.292 e. The first-order chi connectivity index (χ1) is 9.97. The van der Waals surface area contributed by atoms with Crippen LogP contribution in [0.5, 0.6) is 0 Å². The Morgan fingerprint density at radius 2 is 2.29 bits per heavy atom. The van der Waals surface area contributed by atoms with E-state index in [9.17, 15) is 14.9 Å². The normalized spacial score (nSPS) is 21.8. The number of hydrogen-bond acceptors (Lipinski definition) is 3. The van der Waals surface area contributed by atoms with Gasteiger partial charge in [-0.3, -0.25) is 14.9 Å². The van der Waals surface area contributed by atoms with Crippen LogP contribution in [0.2, 0.25) is 5.02 Å². The zero-order valence-electron chi connectivity index (χ0n) is 11.9. The maximum absolute atomic E-state index is 12.1. The Balaban J connectivity index is 2.05. The maximum atomic E-state index is 12.1. The first kappa shape index (κ1) is 15.7. The number of nitrogens with zero attached hydrogens (tertiary/aromatic N) is 1. The molecule has 2 rings (SSSR count). The summed E-state index contributed by atoms with van der Waals surface area (Å²) in [6.45, 7) is 3.42. The molecule has 0 spiro atoms. The smallest absolute Gasteiger partial charge is 0.292 e. The number of carbonyl (C=O) groups is 1. The highest BCUT2D eigenvalue weighted by atomic mass is 35.5. The minimum atomic E-state index is -0.525. The molecule has 1 unspecified atom stereocenters. The first-order valence-corrected chi connectivity index (χ1v) is 7.43. The number of likely N-dealkylation sites (tertiary alicyclic amines) is 1. The minimum Gasteiger partial charge on any atom is -0.325 e. The number of benzene rings is 1. The standard InChI is InChI=1S/C14H18ClN3O3/c1-10-4-2-3-7-17(10)9-14(19)16-12-8-11(15)5-6-13(12)18(20)21/h5-6,8,10H,2-4,7,9H2,1H3,(H,16,19)/p+1/t10-/m0/s1. The van der Waals surface area contributed by atoms with Crippen LogP contribution >= 0.6 is 11.6 Å². The second-order valence-corrected chi connectivity index (χ2v) is 5.89. The molecule has 0 aromatic heterocycles. The third kappa shape index (κ3) is 4.15. The molecule has 1 aromatic carbocycles. The fraction of sp³-hybridized carbons (Fsp3) is 0.500. The van der Waals surface area contributed by atoms with Gasteiger partial charge in [0.05, 0.1) is 17.5 Å². The molecule has 0 aliphatic carbocycles. The molecular weight excluding hydrogens is 294 g/mol. The number of amides is 1. The van der Waals surface area contributed by atoms with Crippen molar-refractivity contribution in [1.82, 2.24) is 0 Å². The van der Waals surface area contributed by atoms with E-state index in [0.717, 1.165) is 19.4 Å². The van der Waals surface area contributed by atoms with E-state index < -0.39 is 4.92 Å². The highest BCUT2D eigenvalue weighted by Gasteiger charge is 2.25. The molecule has 21 heavy (non-hydrogen) atoms. The van der Waals surface area contributed by atoms with Crippen molar-refractivity contribution in [1.29, 1.82) is 0 Å². The van der Waals surface area contributed by atoms with Crippen LogP contribution in [0.1, 0.15) is 26.2 Å². The predicted molar refractivity (Wildman–Crippen MR) is 80.7 cm³/mol. The largest absolute Gasteiger partial charge is 0.325 e. The van der Waals surface area contributed by atoms with Gasteiger partial charge in [0.25, 0.3) is 11.6 Å². The van der Waals surface area contributed by atoms with Gasteiger partial charge in [0.2, 0.25) is 0 Å². The fourth-order valence-corrected chi connectivity index (χ4v) is 2.86. The molecule has 1 aliphatic rings. The molecule has 0 saturated carbocycles. The van der Waals surface area contributed by atoms with Crippen molar-refractivity contribution in [3.63, 3.8) is 0 Å². The van der Waals surface area contributed by atoms with Crippen LogP contribution < -0.4 is 10.2 Å². The summed E-state index contributed by atoms with van der Waals surface area (Å²) in [5.74, 6) is -0.218. The van der Waals surface area contributed by atoms with Gasteiger partial charge in [-0.2, -0.15) is 0 Å². The molecular formula is C14H19ClN3O3+. The van der Waals surface area contributed by atoms with E-state index in [1.54, 1.807) is 0 Å². The summed E-state index contributed by atoms with van der Waals surface area (Å²) in [5.41, 5.74) is 0.0102. The highest BCUT2D eigenvalue weighted by Crippen LogP contribution is 2.27. The summed E-state index contributed by atoms with van der Waals surface area (Å²) >= 11 is 5.84. The van der Waals surface area contributed by atoms with E-state index in [2.05, 4.69) is 12.2 Å². The summed E-state index contributed by atoms with van der Waals surface area (Å²) in [4.78, 5) is 23.8. The van der Waals surface area contributed by atoms with Gasteiger partial charge in [-0.1, -0.05) is 11.6 Å². The number of rotatable bonds is 4.